The van der Waals surface area contributed by atoms with Crippen molar-refractivity contribution in [3.63, 3.8) is 0 Å². The maximum absolute atomic E-state index is 6.49. The summed E-state index contributed by atoms with van der Waals surface area (Å²) in [4.78, 5) is 4.96. The molecule has 30 heavy (non-hydrogen) atoms. The van der Waals surface area contributed by atoms with Crippen molar-refractivity contribution in [3.05, 3.63) is 56.1 Å². The molecule has 0 spiro atoms. The van der Waals surface area contributed by atoms with E-state index in [4.69, 9.17) is 14.5 Å². The highest BCUT2D eigenvalue weighted by atomic mass is 127. The number of hydrogen-bond donors (Lipinski definition) is 1. The van der Waals surface area contributed by atoms with Crippen LogP contribution in [0.1, 0.15) is 31.9 Å². The van der Waals surface area contributed by atoms with Crippen molar-refractivity contribution in [2.75, 3.05) is 18.8 Å². The van der Waals surface area contributed by atoms with Gasteiger partial charge in [-0.3, -0.25) is 0 Å². The van der Waals surface area contributed by atoms with Gasteiger partial charge >= 0.3 is 0 Å². The number of thioether (sulfide) groups is 1. The first-order chi connectivity index (χ1) is 14.6. The molecule has 0 radical (unpaired) electrons. The van der Waals surface area contributed by atoms with Crippen LogP contribution in [-0.4, -0.2) is 29.9 Å². The van der Waals surface area contributed by atoms with Crippen LogP contribution >= 0.6 is 50.3 Å². The molecule has 2 heterocycles. The molecular weight excluding hydrogens is 575 g/mol. The maximum Gasteiger partial charge on any atom is 0.161 e. The molecule has 1 aliphatic heterocycles. The molecule has 1 aromatic heterocycles. The molecule has 1 saturated heterocycles. The van der Waals surface area contributed by atoms with E-state index in [1.54, 1.807) is 11.8 Å². The van der Waals surface area contributed by atoms with Gasteiger partial charge < -0.3 is 14.8 Å². The Kier molecular flexibility index (Phi) is 7.44. The van der Waals surface area contributed by atoms with Gasteiger partial charge in [-0.2, -0.15) is 0 Å². The van der Waals surface area contributed by atoms with Crippen molar-refractivity contribution in [2.24, 2.45) is 0 Å². The standard InChI is InChI=1S/C23H24BrIN2O2S/c1-3-30-20-12-19(29-16-9-10-26-13-16)17-11-18(25)21(24)23(22(17)27-20)28-14(2)15-7-5-4-6-8-15/h4-8,11-12,14,16,26H,3,9-10,13H2,1-2H3/t14-,16-/m0/s1. The lowest BCUT2D eigenvalue weighted by Crippen LogP contribution is -2.19. The van der Waals surface area contributed by atoms with Crippen LogP contribution in [0, 0.1) is 3.57 Å². The number of halogens is 2. The van der Waals surface area contributed by atoms with Crippen LogP contribution in [0.15, 0.2) is 52.0 Å². The Labute approximate surface area is 203 Å². The summed E-state index contributed by atoms with van der Waals surface area (Å²) in [5.41, 5.74) is 1.97. The van der Waals surface area contributed by atoms with Crippen molar-refractivity contribution < 1.29 is 9.47 Å². The molecular formula is C23H24BrIN2O2S. The van der Waals surface area contributed by atoms with E-state index in [-0.39, 0.29) is 12.2 Å². The average Bonchev–Trinajstić information content (AvgIpc) is 3.26. The van der Waals surface area contributed by atoms with E-state index < -0.39 is 0 Å². The highest BCUT2D eigenvalue weighted by molar-refractivity contribution is 14.1. The lowest BCUT2D eigenvalue weighted by atomic mass is 10.1. The Morgan fingerprint density at radius 3 is 2.80 bits per heavy atom. The zero-order chi connectivity index (χ0) is 21.1. The van der Waals surface area contributed by atoms with Crippen LogP contribution < -0.4 is 14.8 Å². The molecule has 1 N–H and O–H groups in total. The molecule has 0 unspecified atom stereocenters. The maximum atomic E-state index is 6.49. The van der Waals surface area contributed by atoms with Gasteiger partial charge in [-0.1, -0.05) is 37.3 Å². The van der Waals surface area contributed by atoms with Gasteiger partial charge in [0.15, 0.2) is 5.75 Å². The Hall–Kier alpha value is -1.03. The van der Waals surface area contributed by atoms with Crippen LogP contribution in [-0.2, 0) is 0 Å². The van der Waals surface area contributed by atoms with Crippen LogP contribution in [0.4, 0.5) is 0 Å². The van der Waals surface area contributed by atoms with E-state index >= 15 is 0 Å². The van der Waals surface area contributed by atoms with Gasteiger partial charge in [-0.05, 0) is 75.8 Å². The number of nitrogens with one attached hydrogen (secondary N) is 1. The number of hydrogen-bond acceptors (Lipinski definition) is 5. The predicted octanol–water partition coefficient (Wildman–Crippen LogP) is 6.59. The molecule has 158 valence electrons. The normalized spacial score (nSPS) is 17.3. The third kappa shape index (κ3) is 4.89. The summed E-state index contributed by atoms with van der Waals surface area (Å²) in [6.07, 6.45) is 1.10. The van der Waals surface area contributed by atoms with Gasteiger partial charge in [0, 0.05) is 21.6 Å². The van der Waals surface area contributed by atoms with E-state index in [0.29, 0.717) is 0 Å². The van der Waals surface area contributed by atoms with E-state index in [9.17, 15) is 0 Å². The zero-order valence-corrected chi connectivity index (χ0v) is 21.5. The van der Waals surface area contributed by atoms with Gasteiger partial charge in [0.2, 0.25) is 0 Å². The number of nitrogens with zero attached hydrogens (tertiary/aromatic N) is 1. The predicted molar refractivity (Wildman–Crippen MR) is 136 cm³/mol. The summed E-state index contributed by atoms with van der Waals surface area (Å²) in [6.45, 7) is 6.08. The molecule has 2 aromatic carbocycles. The first-order valence-corrected chi connectivity index (χ1v) is 13.0. The summed E-state index contributed by atoms with van der Waals surface area (Å²) in [6, 6.07) is 14.5. The van der Waals surface area contributed by atoms with Crippen LogP contribution in [0.25, 0.3) is 10.9 Å². The van der Waals surface area contributed by atoms with Gasteiger partial charge in [0.05, 0.1) is 4.47 Å². The Morgan fingerprint density at radius 1 is 1.30 bits per heavy atom. The lowest BCUT2D eigenvalue weighted by Gasteiger charge is -2.21. The molecule has 2 atom stereocenters. The van der Waals surface area contributed by atoms with E-state index in [1.165, 1.54) is 0 Å². The summed E-state index contributed by atoms with van der Waals surface area (Å²) in [7, 11) is 0. The number of benzene rings is 2. The van der Waals surface area contributed by atoms with Gasteiger partial charge in [0.1, 0.15) is 28.5 Å². The van der Waals surface area contributed by atoms with Crippen LogP contribution in [0.2, 0.25) is 0 Å². The minimum atomic E-state index is -0.100. The fraction of sp³-hybridized carbons (Fsp3) is 0.348. The topological polar surface area (TPSA) is 43.4 Å². The number of fused-ring (bicyclic) bond motifs is 1. The average molecular weight is 599 g/mol. The Morgan fingerprint density at radius 2 is 2.10 bits per heavy atom. The third-order valence-electron chi connectivity index (χ3n) is 5.06. The minimum Gasteiger partial charge on any atom is -0.488 e. The summed E-state index contributed by atoms with van der Waals surface area (Å²) < 4.78 is 14.9. The molecule has 0 amide bonds. The smallest absolute Gasteiger partial charge is 0.161 e. The van der Waals surface area contributed by atoms with Gasteiger partial charge in [-0.15, -0.1) is 11.8 Å². The molecule has 0 saturated carbocycles. The second kappa shape index (κ2) is 10.1. The fourth-order valence-electron chi connectivity index (χ4n) is 3.53. The molecule has 7 heteroatoms. The van der Waals surface area contributed by atoms with Gasteiger partial charge in [-0.25, -0.2) is 4.98 Å². The first kappa shape index (κ1) is 22.2. The monoisotopic (exact) mass is 598 g/mol. The molecule has 3 aromatic rings. The summed E-state index contributed by atoms with van der Waals surface area (Å²) >= 11 is 7.80. The van der Waals surface area contributed by atoms with Crippen LogP contribution in [0.3, 0.4) is 0 Å². The fourth-order valence-corrected chi connectivity index (χ4v) is 5.12. The van der Waals surface area contributed by atoms with Crippen molar-refractivity contribution in [3.8, 4) is 11.5 Å². The van der Waals surface area contributed by atoms with E-state index in [0.717, 1.165) is 66.3 Å². The molecule has 1 fully saturated rings. The van der Waals surface area contributed by atoms with Crippen molar-refractivity contribution in [1.29, 1.82) is 0 Å². The first-order valence-electron chi connectivity index (χ1n) is 10.1. The Bertz CT molecular complexity index is 1030. The van der Waals surface area contributed by atoms with E-state index in [1.807, 2.05) is 18.2 Å². The second-order valence-electron chi connectivity index (χ2n) is 7.19. The van der Waals surface area contributed by atoms with Crippen molar-refractivity contribution in [1.82, 2.24) is 10.3 Å². The van der Waals surface area contributed by atoms with Crippen molar-refractivity contribution >= 4 is 61.2 Å². The summed E-state index contributed by atoms with van der Waals surface area (Å²) in [5, 5.41) is 5.32. The molecule has 0 bridgehead atoms. The zero-order valence-electron chi connectivity index (χ0n) is 17.0. The number of aromatic nitrogens is 1. The number of rotatable bonds is 7. The minimum absolute atomic E-state index is 0.100. The summed E-state index contributed by atoms with van der Waals surface area (Å²) in [5.74, 6) is 2.60. The van der Waals surface area contributed by atoms with E-state index in [2.05, 4.69) is 82.0 Å². The molecule has 4 rings (SSSR count). The largest absolute Gasteiger partial charge is 0.488 e. The number of ether oxygens (including phenoxy) is 2. The lowest BCUT2D eigenvalue weighted by molar-refractivity contribution is 0.223. The highest BCUT2D eigenvalue weighted by Crippen LogP contribution is 2.43. The molecule has 0 aliphatic carbocycles. The van der Waals surface area contributed by atoms with Crippen molar-refractivity contribution in [2.45, 2.75) is 37.5 Å². The molecule has 1 aliphatic rings. The van der Waals surface area contributed by atoms with Crippen LogP contribution in [0.5, 0.6) is 11.5 Å². The third-order valence-corrected chi connectivity index (χ3v) is 8.23. The Balaban J connectivity index is 1.81. The van der Waals surface area contributed by atoms with Gasteiger partial charge in [0.25, 0.3) is 0 Å². The number of pyridine rings is 1. The SMILES string of the molecule is CCSc1cc(O[C@H]2CCNC2)c2cc(I)c(Br)c(O[C@@H](C)c3ccccc3)c2n1. The molecule has 4 nitrogen and oxygen atoms in total. The highest BCUT2D eigenvalue weighted by Gasteiger charge is 2.22. The quantitative estimate of drug-likeness (QED) is 0.245. The second-order valence-corrected chi connectivity index (χ2v) is 10.4.